The molecule has 2 aromatic heterocycles. The van der Waals surface area contributed by atoms with Gasteiger partial charge in [-0.1, -0.05) is 28.1 Å². The molecule has 4 heteroatoms. The van der Waals surface area contributed by atoms with Crippen LogP contribution >= 0.6 is 15.9 Å². The smallest absolute Gasteiger partial charge is 0.101 e. The molecule has 78 valence electrons. The van der Waals surface area contributed by atoms with Gasteiger partial charge >= 0.3 is 0 Å². The van der Waals surface area contributed by atoms with Crippen molar-refractivity contribution in [3.05, 3.63) is 47.2 Å². The van der Waals surface area contributed by atoms with E-state index < -0.39 is 0 Å². The van der Waals surface area contributed by atoms with Crippen molar-refractivity contribution in [2.75, 3.05) is 0 Å². The highest BCUT2D eigenvalue weighted by Gasteiger charge is 2.07. The first-order valence-electron chi connectivity index (χ1n) is 4.88. The first-order chi connectivity index (χ1) is 7.84. The van der Waals surface area contributed by atoms with Crippen LogP contribution in [0, 0.1) is 0 Å². The van der Waals surface area contributed by atoms with E-state index in [4.69, 9.17) is 0 Å². The Bertz CT molecular complexity index is 645. The third-order valence-corrected chi connectivity index (χ3v) is 2.96. The predicted molar refractivity (Wildman–Crippen MR) is 67.0 cm³/mol. The number of halogens is 1. The number of aromatic amines is 1. The summed E-state index contributed by atoms with van der Waals surface area (Å²) in [6, 6.07) is 9.99. The average Bonchev–Trinajstić information content (AvgIpc) is 2.72. The first-order valence-corrected chi connectivity index (χ1v) is 5.68. The molecule has 1 N–H and O–H groups in total. The molecule has 0 amide bonds. The molecule has 0 aliphatic rings. The Morgan fingerprint density at radius 2 is 2.12 bits per heavy atom. The summed E-state index contributed by atoms with van der Waals surface area (Å²) >= 11 is 3.46. The monoisotopic (exact) mass is 273 g/mol. The molecule has 2 heterocycles. The molecule has 3 nitrogen and oxygen atoms in total. The molecule has 0 aliphatic carbocycles. The highest BCUT2D eigenvalue weighted by atomic mass is 79.9. The molecule has 0 saturated heterocycles. The lowest BCUT2D eigenvalue weighted by molar-refractivity contribution is 1.12. The molecule has 0 unspecified atom stereocenters. The van der Waals surface area contributed by atoms with E-state index in [1.54, 1.807) is 6.20 Å². The summed E-state index contributed by atoms with van der Waals surface area (Å²) < 4.78 is 1.05. The van der Waals surface area contributed by atoms with Crippen molar-refractivity contribution >= 4 is 26.8 Å². The van der Waals surface area contributed by atoms with Gasteiger partial charge in [-0.25, -0.2) is 0 Å². The zero-order valence-corrected chi connectivity index (χ0v) is 9.90. The van der Waals surface area contributed by atoms with Crippen LogP contribution in [-0.2, 0) is 0 Å². The Hall–Kier alpha value is -1.68. The second-order valence-corrected chi connectivity index (χ2v) is 4.42. The summed E-state index contributed by atoms with van der Waals surface area (Å²) in [7, 11) is 0. The molecule has 0 atom stereocenters. The highest BCUT2D eigenvalue weighted by Crippen LogP contribution is 2.27. The molecule has 3 aromatic rings. The Morgan fingerprint density at radius 1 is 1.19 bits per heavy atom. The highest BCUT2D eigenvalue weighted by molar-refractivity contribution is 9.10. The number of hydrogen-bond donors (Lipinski definition) is 1. The zero-order chi connectivity index (χ0) is 11.0. The number of hydrogen-bond acceptors (Lipinski definition) is 2. The standard InChI is InChI=1S/C12H8BrN3/c13-9-3-1-2-8(6-9)12-10-7-14-5-4-11(10)15-16-12/h1-7H,(H,15,16). The molecule has 0 saturated carbocycles. The summed E-state index contributed by atoms with van der Waals surface area (Å²) in [4.78, 5) is 4.12. The fraction of sp³-hybridized carbons (Fsp3) is 0. The third kappa shape index (κ3) is 1.51. The fourth-order valence-corrected chi connectivity index (χ4v) is 2.11. The van der Waals surface area contributed by atoms with E-state index in [9.17, 15) is 0 Å². The Balaban J connectivity index is 2.26. The van der Waals surface area contributed by atoms with E-state index in [1.165, 1.54) is 0 Å². The predicted octanol–water partition coefficient (Wildman–Crippen LogP) is 3.39. The van der Waals surface area contributed by atoms with Crippen molar-refractivity contribution < 1.29 is 0 Å². The van der Waals surface area contributed by atoms with Crippen LogP contribution in [0.1, 0.15) is 0 Å². The molecular weight excluding hydrogens is 266 g/mol. The van der Waals surface area contributed by atoms with Crippen LogP contribution in [0.4, 0.5) is 0 Å². The van der Waals surface area contributed by atoms with E-state index in [2.05, 4.69) is 31.1 Å². The number of fused-ring (bicyclic) bond motifs is 1. The number of H-pyrrole nitrogens is 1. The van der Waals surface area contributed by atoms with Gasteiger partial charge in [0.05, 0.1) is 5.52 Å². The van der Waals surface area contributed by atoms with Crippen LogP contribution in [-0.4, -0.2) is 15.2 Å². The molecule has 0 spiro atoms. The Kier molecular flexibility index (Phi) is 2.22. The maximum absolute atomic E-state index is 4.32. The number of aromatic nitrogens is 3. The van der Waals surface area contributed by atoms with Gasteiger partial charge in [0.2, 0.25) is 0 Å². The van der Waals surface area contributed by atoms with Gasteiger partial charge in [-0.2, -0.15) is 5.10 Å². The van der Waals surface area contributed by atoms with Crippen LogP contribution < -0.4 is 0 Å². The summed E-state index contributed by atoms with van der Waals surface area (Å²) in [5, 5.41) is 8.36. The van der Waals surface area contributed by atoms with E-state index >= 15 is 0 Å². The number of pyridine rings is 1. The Morgan fingerprint density at radius 3 is 3.00 bits per heavy atom. The Labute approximate surface area is 101 Å². The lowest BCUT2D eigenvalue weighted by Gasteiger charge is -1.97. The minimum atomic E-state index is 0.935. The van der Waals surface area contributed by atoms with Gasteiger partial charge in [0.25, 0.3) is 0 Å². The minimum Gasteiger partial charge on any atom is -0.277 e. The fourth-order valence-electron chi connectivity index (χ4n) is 1.71. The van der Waals surface area contributed by atoms with Gasteiger partial charge < -0.3 is 0 Å². The van der Waals surface area contributed by atoms with Gasteiger partial charge in [0.15, 0.2) is 0 Å². The molecule has 0 radical (unpaired) electrons. The van der Waals surface area contributed by atoms with Crippen LogP contribution in [0.5, 0.6) is 0 Å². The average molecular weight is 274 g/mol. The maximum atomic E-state index is 4.32. The number of nitrogens with one attached hydrogen (secondary N) is 1. The molecule has 1 aromatic carbocycles. The molecule has 0 fully saturated rings. The van der Waals surface area contributed by atoms with Crippen LogP contribution in [0.3, 0.4) is 0 Å². The third-order valence-electron chi connectivity index (χ3n) is 2.46. The molecular formula is C12H8BrN3. The van der Waals surface area contributed by atoms with Gasteiger partial charge in [0, 0.05) is 27.8 Å². The van der Waals surface area contributed by atoms with E-state index in [-0.39, 0.29) is 0 Å². The lowest BCUT2D eigenvalue weighted by atomic mass is 10.1. The quantitative estimate of drug-likeness (QED) is 0.739. The molecule has 3 rings (SSSR count). The van der Waals surface area contributed by atoms with Crippen molar-refractivity contribution in [3.63, 3.8) is 0 Å². The minimum absolute atomic E-state index is 0.935. The zero-order valence-electron chi connectivity index (χ0n) is 8.31. The number of benzene rings is 1. The van der Waals surface area contributed by atoms with Crippen LogP contribution in [0.15, 0.2) is 47.2 Å². The van der Waals surface area contributed by atoms with Crippen molar-refractivity contribution in [1.82, 2.24) is 15.2 Å². The second kappa shape index (κ2) is 3.72. The van der Waals surface area contributed by atoms with Crippen molar-refractivity contribution in [3.8, 4) is 11.3 Å². The summed E-state index contributed by atoms with van der Waals surface area (Å²) in [6.45, 7) is 0. The normalized spacial score (nSPS) is 10.8. The van der Waals surface area contributed by atoms with Gasteiger partial charge in [-0.05, 0) is 18.2 Å². The van der Waals surface area contributed by atoms with Crippen molar-refractivity contribution in [2.45, 2.75) is 0 Å². The van der Waals surface area contributed by atoms with Gasteiger partial charge in [0.1, 0.15) is 5.69 Å². The SMILES string of the molecule is Brc1cccc(-c2n[nH]c3ccncc23)c1. The first kappa shape index (κ1) is 9.54. The number of nitrogens with zero attached hydrogens (tertiary/aromatic N) is 2. The lowest BCUT2D eigenvalue weighted by Crippen LogP contribution is -1.79. The molecule has 0 aliphatic heterocycles. The summed E-state index contributed by atoms with van der Waals surface area (Å²) in [5.41, 5.74) is 3.02. The summed E-state index contributed by atoms with van der Waals surface area (Å²) in [5.74, 6) is 0. The van der Waals surface area contributed by atoms with E-state index in [1.807, 2.05) is 36.5 Å². The summed E-state index contributed by atoms with van der Waals surface area (Å²) in [6.07, 6.45) is 3.58. The van der Waals surface area contributed by atoms with Gasteiger partial charge in [-0.3, -0.25) is 10.1 Å². The molecule has 0 bridgehead atoms. The topological polar surface area (TPSA) is 41.6 Å². The van der Waals surface area contributed by atoms with E-state index in [0.29, 0.717) is 0 Å². The van der Waals surface area contributed by atoms with Crippen molar-refractivity contribution in [2.24, 2.45) is 0 Å². The van der Waals surface area contributed by atoms with E-state index in [0.717, 1.165) is 26.6 Å². The largest absolute Gasteiger partial charge is 0.277 e. The second-order valence-electron chi connectivity index (χ2n) is 3.50. The van der Waals surface area contributed by atoms with Gasteiger partial charge in [-0.15, -0.1) is 0 Å². The molecule has 16 heavy (non-hydrogen) atoms. The van der Waals surface area contributed by atoms with Crippen molar-refractivity contribution in [1.29, 1.82) is 0 Å². The van der Waals surface area contributed by atoms with Crippen LogP contribution in [0.25, 0.3) is 22.2 Å². The maximum Gasteiger partial charge on any atom is 0.101 e. The van der Waals surface area contributed by atoms with Crippen LogP contribution in [0.2, 0.25) is 0 Å². The number of rotatable bonds is 1.